The number of thioether (sulfide) groups is 1. The van der Waals surface area contributed by atoms with Gasteiger partial charge in [0.1, 0.15) is 0 Å². The molecule has 2 aromatic carbocycles. The summed E-state index contributed by atoms with van der Waals surface area (Å²) in [4.78, 5) is 40.6. The molecule has 0 aliphatic heterocycles. The number of thiazole rings is 1. The van der Waals surface area contributed by atoms with Crippen LogP contribution in [0.15, 0.2) is 59.1 Å². The van der Waals surface area contributed by atoms with Crippen LogP contribution in [0.3, 0.4) is 0 Å². The molecule has 0 fully saturated rings. The second-order valence-corrected chi connectivity index (χ2v) is 11.2. The summed E-state index contributed by atoms with van der Waals surface area (Å²) < 4.78 is 1.85. The van der Waals surface area contributed by atoms with Crippen molar-refractivity contribution in [3.8, 4) is 11.3 Å². The Hall–Kier alpha value is -3.81. The van der Waals surface area contributed by atoms with Gasteiger partial charge >= 0.3 is 0 Å². The topological polar surface area (TPSA) is 145 Å². The highest BCUT2D eigenvalue weighted by molar-refractivity contribution is 7.99. The first kappa shape index (κ1) is 29.2. The van der Waals surface area contributed by atoms with E-state index in [1.165, 1.54) is 47.4 Å². The zero-order chi connectivity index (χ0) is 28.8. The molecule has 2 N–H and O–H groups in total. The molecule has 0 aliphatic carbocycles. The monoisotopic (exact) mass is 599 g/mol. The molecule has 4 rings (SSSR count). The number of nitrogens with one attached hydrogen (secondary N) is 2. The molecule has 0 unspecified atom stereocenters. The molecule has 208 valence electrons. The predicted molar refractivity (Wildman–Crippen MR) is 156 cm³/mol. The fourth-order valence-electron chi connectivity index (χ4n) is 3.82. The number of halogens is 1. The second kappa shape index (κ2) is 13.0. The molecule has 40 heavy (non-hydrogen) atoms. The highest BCUT2D eigenvalue weighted by atomic mass is 35.5. The van der Waals surface area contributed by atoms with E-state index in [0.717, 1.165) is 11.3 Å². The molecule has 2 aromatic heterocycles. The first-order valence-electron chi connectivity index (χ1n) is 12.3. The molecule has 4 aromatic rings. The molecule has 2 amide bonds. The van der Waals surface area contributed by atoms with E-state index < -0.39 is 16.9 Å². The number of rotatable bonds is 11. The van der Waals surface area contributed by atoms with Crippen molar-refractivity contribution in [2.75, 3.05) is 11.1 Å². The number of anilines is 1. The number of carbonyl (C=O) groups excluding carboxylic acids is 2. The summed E-state index contributed by atoms with van der Waals surface area (Å²) in [5.41, 5.74) is 1.65. The third-order valence-corrected chi connectivity index (χ3v) is 7.81. The number of aromatic nitrogens is 4. The first-order chi connectivity index (χ1) is 19.2. The van der Waals surface area contributed by atoms with Crippen LogP contribution < -0.4 is 10.6 Å². The van der Waals surface area contributed by atoms with Crippen molar-refractivity contribution in [1.29, 1.82) is 0 Å². The van der Waals surface area contributed by atoms with Crippen LogP contribution in [0, 0.1) is 16.0 Å². The Morgan fingerprint density at radius 3 is 2.60 bits per heavy atom. The van der Waals surface area contributed by atoms with E-state index in [1.54, 1.807) is 12.1 Å². The number of amides is 2. The van der Waals surface area contributed by atoms with Crippen molar-refractivity contribution in [3.63, 3.8) is 0 Å². The number of hydrogen-bond donors (Lipinski definition) is 2. The second-order valence-electron chi connectivity index (χ2n) is 8.97. The number of hydrogen-bond acceptors (Lipinski definition) is 9. The van der Waals surface area contributed by atoms with Gasteiger partial charge in [-0.1, -0.05) is 55.4 Å². The van der Waals surface area contributed by atoms with E-state index in [2.05, 4.69) is 25.8 Å². The Bertz CT molecular complexity index is 1520. The quantitative estimate of drug-likeness (QED) is 0.124. The van der Waals surface area contributed by atoms with Crippen LogP contribution in [0.1, 0.15) is 43.0 Å². The lowest BCUT2D eigenvalue weighted by atomic mass is 10.0. The molecule has 0 saturated carbocycles. The zero-order valence-corrected chi connectivity index (χ0v) is 24.2. The van der Waals surface area contributed by atoms with E-state index in [1.807, 2.05) is 42.9 Å². The van der Waals surface area contributed by atoms with Gasteiger partial charge in [-0.3, -0.25) is 19.7 Å². The minimum absolute atomic E-state index is 0.0574. The molecule has 0 radical (unpaired) electrons. The highest BCUT2D eigenvalue weighted by Crippen LogP contribution is 2.28. The Labute approximate surface area is 243 Å². The van der Waals surface area contributed by atoms with Crippen LogP contribution in [-0.4, -0.2) is 42.2 Å². The Balaban J connectivity index is 1.41. The van der Waals surface area contributed by atoms with Crippen LogP contribution in [0.4, 0.5) is 10.8 Å². The Morgan fingerprint density at radius 2 is 1.93 bits per heavy atom. The summed E-state index contributed by atoms with van der Waals surface area (Å²) in [6, 6.07) is 12.3. The lowest BCUT2D eigenvalue weighted by Gasteiger charge is -2.22. The van der Waals surface area contributed by atoms with Gasteiger partial charge in [-0.15, -0.1) is 21.5 Å². The average molecular weight is 600 g/mol. The van der Waals surface area contributed by atoms with Gasteiger partial charge in [-0.2, -0.15) is 0 Å². The number of non-ortho nitro benzene ring substituents is 1. The van der Waals surface area contributed by atoms with Gasteiger partial charge in [0.2, 0.25) is 5.91 Å². The van der Waals surface area contributed by atoms with E-state index in [9.17, 15) is 19.7 Å². The number of carbonyl (C=O) groups is 2. The van der Waals surface area contributed by atoms with Gasteiger partial charge in [-0.05, 0) is 31.0 Å². The van der Waals surface area contributed by atoms with Crippen LogP contribution >= 0.6 is 34.7 Å². The van der Waals surface area contributed by atoms with E-state index in [0.29, 0.717) is 27.7 Å². The molecular formula is C26H26ClN7O4S2. The lowest BCUT2D eigenvalue weighted by Crippen LogP contribution is -2.33. The van der Waals surface area contributed by atoms with Crippen LogP contribution in [0.2, 0.25) is 5.02 Å². The minimum atomic E-state index is -0.544. The maximum atomic E-state index is 12.9. The lowest BCUT2D eigenvalue weighted by molar-refractivity contribution is -0.384. The fourth-order valence-corrected chi connectivity index (χ4v) is 5.49. The molecule has 0 spiro atoms. The average Bonchev–Trinajstić information content (AvgIpc) is 3.57. The first-order valence-corrected chi connectivity index (χ1v) is 14.5. The van der Waals surface area contributed by atoms with E-state index in [-0.39, 0.29) is 28.8 Å². The van der Waals surface area contributed by atoms with Crippen LogP contribution in [0.25, 0.3) is 11.3 Å². The van der Waals surface area contributed by atoms with Gasteiger partial charge in [0.15, 0.2) is 16.1 Å². The van der Waals surface area contributed by atoms with E-state index in [4.69, 9.17) is 11.6 Å². The minimum Gasteiger partial charge on any atom is -0.342 e. The molecule has 2 heterocycles. The molecule has 1 atom stereocenters. The van der Waals surface area contributed by atoms with Crippen LogP contribution in [-0.2, 0) is 11.3 Å². The summed E-state index contributed by atoms with van der Waals surface area (Å²) >= 11 is 8.50. The van der Waals surface area contributed by atoms with Crippen molar-refractivity contribution >= 4 is 57.3 Å². The Kier molecular flexibility index (Phi) is 9.50. The number of nitro benzene ring substituents is 1. The smallest absolute Gasteiger partial charge is 0.270 e. The summed E-state index contributed by atoms with van der Waals surface area (Å²) in [7, 11) is 0. The summed E-state index contributed by atoms with van der Waals surface area (Å²) in [5.74, 6) is -0.137. The van der Waals surface area contributed by atoms with Crippen molar-refractivity contribution < 1.29 is 14.5 Å². The molecule has 0 saturated heterocycles. The SMILES string of the molecule is CCn1c(SCC(=O)Nc2nc(-c3ccc(Cl)cc3)cs2)nnc1[C@H](NC(=O)c1cccc([N+](=O)[O-])c1)C(C)C. The van der Waals surface area contributed by atoms with Gasteiger partial charge in [0.05, 0.1) is 22.4 Å². The highest BCUT2D eigenvalue weighted by Gasteiger charge is 2.27. The molecule has 0 bridgehead atoms. The van der Waals surface area contributed by atoms with Crippen molar-refractivity contribution in [2.45, 2.75) is 38.5 Å². The van der Waals surface area contributed by atoms with Crippen molar-refractivity contribution in [3.05, 3.63) is 80.4 Å². The normalized spacial score (nSPS) is 11.8. The molecule has 11 nitrogen and oxygen atoms in total. The standard InChI is InChI=1S/C26H26ClN7O4S2/c1-4-33-23(22(15(2)3)30-24(36)17-6-5-7-19(12-17)34(37)38)31-32-26(33)40-14-21(35)29-25-28-20(13-39-25)16-8-10-18(27)11-9-16/h5-13,15,22H,4,14H2,1-3H3,(H,30,36)(H,28,29,35)/t22-/m1/s1. The van der Waals surface area contributed by atoms with Crippen molar-refractivity contribution in [1.82, 2.24) is 25.1 Å². The summed E-state index contributed by atoms with van der Waals surface area (Å²) in [6.45, 7) is 6.29. The molecular weight excluding hydrogens is 574 g/mol. The third kappa shape index (κ3) is 7.03. The maximum absolute atomic E-state index is 12.9. The largest absolute Gasteiger partial charge is 0.342 e. The Morgan fingerprint density at radius 1 is 1.18 bits per heavy atom. The number of benzene rings is 2. The van der Waals surface area contributed by atoms with E-state index >= 15 is 0 Å². The molecule has 14 heteroatoms. The van der Waals surface area contributed by atoms with Gasteiger partial charge in [0, 0.05) is 40.2 Å². The van der Waals surface area contributed by atoms with Gasteiger partial charge in [-0.25, -0.2) is 4.98 Å². The summed E-state index contributed by atoms with van der Waals surface area (Å²) in [5, 5.41) is 29.0. The van der Waals surface area contributed by atoms with Gasteiger partial charge in [0.25, 0.3) is 11.6 Å². The molecule has 0 aliphatic rings. The number of nitro groups is 1. The third-order valence-electron chi connectivity index (χ3n) is 5.84. The fraction of sp³-hybridized carbons (Fsp3) is 0.269. The van der Waals surface area contributed by atoms with Crippen molar-refractivity contribution in [2.24, 2.45) is 5.92 Å². The van der Waals surface area contributed by atoms with Crippen LogP contribution in [0.5, 0.6) is 0 Å². The predicted octanol–water partition coefficient (Wildman–Crippen LogP) is 5.84. The maximum Gasteiger partial charge on any atom is 0.270 e. The zero-order valence-electron chi connectivity index (χ0n) is 21.8. The van der Waals surface area contributed by atoms with Gasteiger partial charge < -0.3 is 15.2 Å². The number of nitrogens with zero attached hydrogens (tertiary/aromatic N) is 5. The summed E-state index contributed by atoms with van der Waals surface area (Å²) in [6.07, 6.45) is 0.